The number of nitriles is 1. The first-order chi connectivity index (χ1) is 15.5. The lowest BCUT2D eigenvalue weighted by Gasteiger charge is -2.31. The Morgan fingerprint density at radius 3 is 2.81 bits per heavy atom. The van der Waals surface area contributed by atoms with Crippen molar-refractivity contribution in [2.75, 3.05) is 18.0 Å². The highest BCUT2D eigenvalue weighted by atomic mass is 19.1. The summed E-state index contributed by atoms with van der Waals surface area (Å²) in [7, 11) is 1.88. The molecule has 0 amide bonds. The highest BCUT2D eigenvalue weighted by Gasteiger charge is 2.21. The van der Waals surface area contributed by atoms with Crippen molar-refractivity contribution in [3.8, 4) is 28.5 Å². The normalized spacial score (nSPS) is 16.3. The van der Waals surface area contributed by atoms with E-state index in [2.05, 4.69) is 15.0 Å². The standard InChI is InChI=1S/C24H22FN7/c1-31-13-18-9-15(6-7-22(18)30-31)20-12-28-24(32-8-2-3-19(27)14-32)29-23(20)16-4-5-17(11-26)21(25)10-16/h4-7,9-10,12-13,19H,2-3,8,14,27H2,1H3. The van der Waals surface area contributed by atoms with Crippen molar-refractivity contribution in [2.24, 2.45) is 12.8 Å². The Morgan fingerprint density at radius 1 is 1.19 bits per heavy atom. The van der Waals surface area contributed by atoms with E-state index < -0.39 is 5.82 Å². The summed E-state index contributed by atoms with van der Waals surface area (Å²) in [6.45, 7) is 1.51. The third kappa shape index (κ3) is 3.67. The lowest BCUT2D eigenvalue weighted by atomic mass is 9.99. The van der Waals surface area contributed by atoms with Crippen LogP contribution in [0.25, 0.3) is 33.3 Å². The molecule has 5 rings (SSSR count). The van der Waals surface area contributed by atoms with E-state index in [1.807, 2.05) is 37.5 Å². The molecule has 1 saturated heterocycles. The highest BCUT2D eigenvalue weighted by molar-refractivity contribution is 5.88. The van der Waals surface area contributed by atoms with Crippen molar-refractivity contribution < 1.29 is 4.39 Å². The van der Waals surface area contributed by atoms with Crippen LogP contribution in [-0.2, 0) is 7.05 Å². The van der Waals surface area contributed by atoms with Crippen LogP contribution < -0.4 is 10.6 Å². The van der Waals surface area contributed by atoms with E-state index in [0.29, 0.717) is 23.8 Å². The van der Waals surface area contributed by atoms with Gasteiger partial charge in [-0.3, -0.25) is 4.68 Å². The van der Waals surface area contributed by atoms with Gasteiger partial charge in [-0.2, -0.15) is 10.4 Å². The van der Waals surface area contributed by atoms with Crippen molar-refractivity contribution in [1.82, 2.24) is 19.7 Å². The molecule has 1 aliphatic heterocycles. The molecule has 0 spiro atoms. The van der Waals surface area contributed by atoms with Crippen molar-refractivity contribution in [3.63, 3.8) is 0 Å². The molecule has 1 aliphatic rings. The van der Waals surface area contributed by atoms with Gasteiger partial charge in [0.15, 0.2) is 0 Å². The van der Waals surface area contributed by atoms with Gasteiger partial charge in [-0.15, -0.1) is 0 Å². The molecule has 160 valence electrons. The minimum Gasteiger partial charge on any atom is -0.339 e. The zero-order chi connectivity index (χ0) is 22.2. The molecule has 1 fully saturated rings. The van der Waals surface area contributed by atoms with Crippen LogP contribution in [0.15, 0.2) is 48.8 Å². The Hall–Kier alpha value is -3.83. The van der Waals surface area contributed by atoms with Crippen molar-refractivity contribution in [3.05, 3.63) is 60.2 Å². The van der Waals surface area contributed by atoms with Crippen LogP contribution in [0.1, 0.15) is 18.4 Å². The van der Waals surface area contributed by atoms with Crippen molar-refractivity contribution in [2.45, 2.75) is 18.9 Å². The maximum Gasteiger partial charge on any atom is 0.225 e. The Bertz CT molecular complexity index is 1350. The van der Waals surface area contributed by atoms with Gasteiger partial charge in [0.25, 0.3) is 0 Å². The van der Waals surface area contributed by atoms with Crippen LogP contribution in [0.5, 0.6) is 0 Å². The van der Waals surface area contributed by atoms with E-state index in [1.165, 1.54) is 12.1 Å². The zero-order valence-electron chi connectivity index (χ0n) is 17.7. The molecule has 3 heterocycles. The average Bonchev–Trinajstić information content (AvgIpc) is 3.18. The molecule has 0 saturated carbocycles. The van der Waals surface area contributed by atoms with Gasteiger partial charge in [0.1, 0.15) is 11.9 Å². The van der Waals surface area contributed by atoms with Crippen molar-refractivity contribution >= 4 is 16.9 Å². The minimum atomic E-state index is -0.571. The number of piperidine rings is 1. The fourth-order valence-corrected chi connectivity index (χ4v) is 4.22. The first-order valence-corrected chi connectivity index (χ1v) is 10.5. The number of halogens is 1. The fraction of sp³-hybridized carbons (Fsp3) is 0.250. The molecular weight excluding hydrogens is 405 g/mol. The number of hydrogen-bond donors (Lipinski definition) is 1. The van der Waals surface area contributed by atoms with Gasteiger partial charge in [0, 0.05) is 55.1 Å². The molecular formula is C24H22FN7. The van der Waals surface area contributed by atoms with Gasteiger partial charge in [-0.1, -0.05) is 12.1 Å². The van der Waals surface area contributed by atoms with E-state index >= 15 is 0 Å². The van der Waals surface area contributed by atoms with Gasteiger partial charge in [-0.05, 0) is 42.7 Å². The Kier molecular flexibility index (Phi) is 5.04. The highest BCUT2D eigenvalue weighted by Crippen LogP contribution is 2.34. The fourth-order valence-electron chi connectivity index (χ4n) is 4.22. The number of anilines is 1. The summed E-state index contributed by atoms with van der Waals surface area (Å²) in [5.74, 6) is 0.00458. The second-order valence-electron chi connectivity index (χ2n) is 8.16. The molecule has 1 atom stereocenters. The molecule has 2 N–H and O–H groups in total. The Morgan fingerprint density at radius 2 is 2.03 bits per heavy atom. The molecule has 4 aromatic rings. The zero-order valence-corrected chi connectivity index (χ0v) is 17.7. The van der Waals surface area contributed by atoms with Gasteiger partial charge in [0.2, 0.25) is 5.95 Å². The number of aryl methyl sites for hydroxylation is 1. The molecule has 0 radical (unpaired) electrons. The molecule has 32 heavy (non-hydrogen) atoms. The van der Waals surface area contributed by atoms with Crippen LogP contribution in [0.4, 0.5) is 10.3 Å². The molecule has 7 nitrogen and oxygen atoms in total. The summed E-state index contributed by atoms with van der Waals surface area (Å²) in [6, 6.07) is 12.5. The van der Waals surface area contributed by atoms with Gasteiger partial charge in [-0.25, -0.2) is 14.4 Å². The Balaban J connectivity index is 1.66. The number of hydrogen-bond acceptors (Lipinski definition) is 6. The van der Waals surface area contributed by atoms with E-state index in [0.717, 1.165) is 41.4 Å². The first-order valence-electron chi connectivity index (χ1n) is 10.5. The SMILES string of the molecule is Cn1cc2cc(-c3cnc(N4CCCC(N)C4)nc3-c3ccc(C#N)c(F)c3)ccc2n1. The lowest BCUT2D eigenvalue weighted by Crippen LogP contribution is -2.43. The second-order valence-corrected chi connectivity index (χ2v) is 8.16. The van der Waals surface area contributed by atoms with E-state index in [4.69, 9.17) is 16.0 Å². The quantitative estimate of drug-likeness (QED) is 0.536. The first kappa shape index (κ1) is 20.1. The predicted molar refractivity (Wildman–Crippen MR) is 121 cm³/mol. The summed E-state index contributed by atoms with van der Waals surface area (Å²) < 4.78 is 16.3. The van der Waals surface area contributed by atoms with Crippen LogP contribution in [0.2, 0.25) is 0 Å². The molecule has 0 aliphatic carbocycles. The molecule has 1 unspecified atom stereocenters. The molecule has 2 aromatic heterocycles. The van der Waals surface area contributed by atoms with Crippen LogP contribution in [-0.4, -0.2) is 38.9 Å². The number of rotatable bonds is 3. The van der Waals surface area contributed by atoms with E-state index in [1.54, 1.807) is 16.9 Å². The maximum absolute atomic E-state index is 14.5. The maximum atomic E-state index is 14.5. The van der Waals surface area contributed by atoms with Gasteiger partial charge in [0.05, 0.1) is 16.8 Å². The van der Waals surface area contributed by atoms with Crippen molar-refractivity contribution in [1.29, 1.82) is 5.26 Å². The van der Waals surface area contributed by atoms with Crippen LogP contribution >= 0.6 is 0 Å². The lowest BCUT2D eigenvalue weighted by molar-refractivity contribution is 0.500. The molecule has 2 aromatic carbocycles. The number of aromatic nitrogens is 4. The monoisotopic (exact) mass is 427 g/mol. The molecule has 8 heteroatoms. The minimum absolute atomic E-state index is 0.00311. The van der Waals surface area contributed by atoms with Crippen LogP contribution in [0.3, 0.4) is 0 Å². The average molecular weight is 427 g/mol. The summed E-state index contributed by atoms with van der Waals surface area (Å²) in [5.41, 5.74) is 9.94. The Labute approximate surface area is 184 Å². The summed E-state index contributed by atoms with van der Waals surface area (Å²) in [5, 5.41) is 14.5. The number of fused-ring (bicyclic) bond motifs is 1. The third-order valence-electron chi connectivity index (χ3n) is 5.81. The number of nitrogens with two attached hydrogens (primary N) is 1. The topological polar surface area (TPSA) is 96.6 Å². The smallest absolute Gasteiger partial charge is 0.225 e. The largest absolute Gasteiger partial charge is 0.339 e. The summed E-state index contributed by atoms with van der Waals surface area (Å²) >= 11 is 0. The summed E-state index contributed by atoms with van der Waals surface area (Å²) in [4.78, 5) is 11.6. The van der Waals surface area contributed by atoms with Crippen LogP contribution in [0, 0.1) is 17.1 Å². The second kappa shape index (κ2) is 8.02. The number of benzene rings is 2. The molecule has 0 bridgehead atoms. The van der Waals surface area contributed by atoms with Gasteiger partial charge < -0.3 is 10.6 Å². The summed E-state index contributed by atoms with van der Waals surface area (Å²) in [6.07, 6.45) is 5.69. The van der Waals surface area contributed by atoms with E-state index in [9.17, 15) is 4.39 Å². The third-order valence-corrected chi connectivity index (χ3v) is 5.81. The van der Waals surface area contributed by atoms with Gasteiger partial charge >= 0.3 is 0 Å². The predicted octanol–water partition coefficient (Wildman–Crippen LogP) is 3.64. The number of nitrogens with zero attached hydrogens (tertiary/aromatic N) is 6. The van der Waals surface area contributed by atoms with E-state index in [-0.39, 0.29) is 11.6 Å².